The Labute approximate surface area is 106 Å². The molecule has 1 aliphatic rings. The normalized spacial score (nSPS) is 23.6. The SMILES string of the molecule is CCC[C@H]1SC[C@@H](C(=O)[O-])N1C(=O)C=C(C)C. The molecule has 1 aliphatic heterocycles. The van der Waals surface area contributed by atoms with Crippen LogP contribution in [-0.4, -0.2) is 33.9 Å². The largest absolute Gasteiger partial charge is 0.548 e. The number of carboxylic acid groups (broad SMARTS) is 1. The minimum atomic E-state index is -1.16. The third kappa shape index (κ3) is 3.49. The molecule has 0 aromatic rings. The first-order valence-electron chi connectivity index (χ1n) is 5.77. The molecule has 0 bridgehead atoms. The Morgan fingerprint density at radius 1 is 1.47 bits per heavy atom. The topological polar surface area (TPSA) is 60.4 Å². The van der Waals surface area contributed by atoms with Crippen LogP contribution in [0.5, 0.6) is 0 Å². The molecule has 0 N–H and O–H groups in total. The summed E-state index contributed by atoms with van der Waals surface area (Å²) in [5, 5.41) is 11.0. The van der Waals surface area contributed by atoms with Crippen LogP contribution in [0.4, 0.5) is 0 Å². The van der Waals surface area contributed by atoms with Gasteiger partial charge in [0.05, 0.1) is 17.4 Å². The van der Waals surface area contributed by atoms with E-state index < -0.39 is 12.0 Å². The van der Waals surface area contributed by atoms with E-state index in [0.717, 1.165) is 18.4 Å². The molecule has 1 amide bonds. The molecular weight excluding hydrogens is 238 g/mol. The summed E-state index contributed by atoms with van der Waals surface area (Å²) in [6.07, 6.45) is 3.23. The highest BCUT2D eigenvalue weighted by Crippen LogP contribution is 2.32. The maximum Gasteiger partial charge on any atom is 0.247 e. The molecule has 0 aromatic heterocycles. The van der Waals surface area contributed by atoms with Gasteiger partial charge in [0.2, 0.25) is 5.91 Å². The van der Waals surface area contributed by atoms with E-state index in [9.17, 15) is 14.7 Å². The molecule has 0 radical (unpaired) electrons. The van der Waals surface area contributed by atoms with Gasteiger partial charge in [-0.3, -0.25) is 4.79 Å². The number of carbonyl (C=O) groups excluding carboxylic acids is 2. The van der Waals surface area contributed by atoms with Crippen molar-refractivity contribution < 1.29 is 14.7 Å². The van der Waals surface area contributed by atoms with Gasteiger partial charge in [-0.15, -0.1) is 11.8 Å². The summed E-state index contributed by atoms with van der Waals surface area (Å²) in [4.78, 5) is 24.5. The van der Waals surface area contributed by atoms with Gasteiger partial charge >= 0.3 is 0 Å². The van der Waals surface area contributed by atoms with Gasteiger partial charge < -0.3 is 14.8 Å². The number of aliphatic carboxylic acids is 1. The van der Waals surface area contributed by atoms with Gasteiger partial charge in [0.15, 0.2) is 0 Å². The van der Waals surface area contributed by atoms with Gasteiger partial charge in [0.25, 0.3) is 0 Å². The van der Waals surface area contributed by atoms with Crippen LogP contribution in [0.1, 0.15) is 33.6 Å². The molecule has 1 heterocycles. The summed E-state index contributed by atoms with van der Waals surface area (Å²) in [6.45, 7) is 5.67. The van der Waals surface area contributed by atoms with Crippen LogP contribution >= 0.6 is 11.8 Å². The average molecular weight is 256 g/mol. The Balaban J connectivity index is 2.89. The highest BCUT2D eigenvalue weighted by atomic mass is 32.2. The predicted octanol–water partition coefficient (Wildman–Crippen LogP) is 0.773. The van der Waals surface area contributed by atoms with E-state index in [-0.39, 0.29) is 11.3 Å². The van der Waals surface area contributed by atoms with E-state index in [1.165, 1.54) is 22.7 Å². The molecule has 96 valence electrons. The lowest BCUT2D eigenvalue weighted by Gasteiger charge is -2.29. The first-order chi connectivity index (χ1) is 7.97. The molecule has 0 aromatic carbocycles. The van der Waals surface area contributed by atoms with Gasteiger partial charge in [-0.2, -0.15) is 0 Å². The summed E-state index contributed by atoms with van der Waals surface area (Å²) in [5.41, 5.74) is 0.874. The molecule has 4 nitrogen and oxygen atoms in total. The number of thioether (sulfide) groups is 1. The standard InChI is InChI=1S/C12H19NO3S/c1-4-5-11-13(10(14)6-8(2)3)9(7-17-11)12(15)16/h6,9,11H,4-5,7H2,1-3H3,(H,15,16)/p-1/t9-,11+/m0/s1. The fraction of sp³-hybridized carbons (Fsp3) is 0.667. The second kappa shape index (κ2) is 6.10. The lowest BCUT2D eigenvalue weighted by atomic mass is 10.2. The number of carbonyl (C=O) groups is 2. The highest BCUT2D eigenvalue weighted by Gasteiger charge is 2.36. The molecule has 0 spiro atoms. The van der Waals surface area contributed by atoms with Gasteiger partial charge in [-0.25, -0.2) is 0 Å². The summed E-state index contributed by atoms with van der Waals surface area (Å²) in [5.74, 6) is -0.954. The summed E-state index contributed by atoms with van der Waals surface area (Å²) in [6, 6.07) is -0.792. The van der Waals surface area contributed by atoms with Crippen LogP contribution in [0.25, 0.3) is 0 Å². The van der Waals surface area contributed by atoms with E-state index >= 15 is 0 Å². The van der Waals surface area contributed by atoms with Crippen LogP contribution in [0.2, 0.25) is 0 Å². The summed E-state index contributed by atoms with van der Waals surface area (Å²) < 4.78 is 0. The third-order valence-corrected chi connectivity index (χ3v) is 3.92. The molecule has 0 aliphatic carbocycles. The second-order valence-electron chi connectivity index (χ2n) is 4.38. The fourth-order valence-electron chi connectivity index (χ4n) is 1.83. The maximum atomic E-state index is 12.0. The van der Waals surface area contributed by atoms with Crippen molar-refractivity contribution in [3.05, 3.63) is 11.6 Å². The second-order valence-corrected chi connectivity index (χ2v) is 5.59. The zero-order chi connectivity index (χ0) is 13.0. The van der Waals surface area contributed by atoms with Crippen molar-refractivity contribution in [1.29, 1.82) is 0 Å². The Morgan fingerprint density at radius 2 is 2.12 bits per heavy atom. The van der Waals surface area contributed by atoms with Gasteiger partial charge in [0, 0.05) is 11.8 Å². The van der Waals surface area contributed by atoms with Crippen LogP contribution in [0, 0.1) is 0 Å². The summed E-state index contributed by atoms with van der Waals surface area (Å²) in [7, 11) is 0. The van der Waals surface area contributed by atoms with Gasteiger partial charge in [-0.1, -0.05) is 18.9 Å². The maximum absolute atomic E-state index is 12.0. The summed E-state index contributed by atoms with van der Waals surface area (Å²) >= 11 is 1.52. The van der Waals surface area contributed by atoms with Crippen molar-refractivity contribution in [2.24, 2.45) is 0 Å². The van der Waals surface area contributed by atoms with E-state index in [1.54, 1.807) is 0 Å². The number of hydrogen-bond donors (Lipinski definition) is 0. The van der Waals surface area contributed by atoms with Gasteiger partial charge in [-0.05, 0) is 20.3 Å². The van der Waals surface area contributed by atoms with E-state index in [2.05, 4.69) is 0 Å². The average Bonchev–Trinajstić information content (AvgIpc) is 2.61. The van der Waals surface area contributed by atoms with Crippen LogP contribution in [-0.2, 0) is 9.59 Å². The number of carboxylic acids is 1. The molecule has 0 unspecified atom stereocenters. The zero-order valence-corrected chi connectivity index (χ0v) is 11.3. The highest BCUT2D eigenvalue weighted by molar-refractivity contribution is 8.00. The minimum absolute atomic E-state index is 0.0361. The van der Waals surface area contributed by atoms with Crippen LogP contribution < -0.4 is 5.11 Å². The number of rotatable bonds is 4. The third-order valence-electron chi connectivity index (χ3n) is 2.57. The smallest absolute Gasteiger partial charge is 0.247 e. The quantitative estimate of drug-likeness (QED) is 0.697. The van der Waals surface area contributed by atoms with Crippen molar-refractivity contribution in [2.45, 2.75) is 45.0 Å². The zero-order valence-electron chi connectivity index (χ0n) is 10.4. The van der Waals surface area contributed by atoms with Gasteiger partial charge in [0.1, 0.15) is 0 Å². The van der Waals surface area contributed by atoms with Crippen molar-refractivity contribution in [1.82, 2.24) is 4.90 Å². The van der Waals surface area contributed by atoms with Crippen molar-refractivity contribution in [2.75, 3.05) is 5.75 Å². The van der Waals surface area contributed by atoms with E-state index in [0.29, 0.717) is 5.75 Å². The van der Waals surface area contributed by atoms with E-state index in [4.69, 9.17) is 0 Å². The van der Waals surface area contributed by atoms with Crippen molar-refractivity contribution >= 4 is 23.6 Å². The number of amides is 1. The number of allylic oxidation sites excluding steroid dienone is 1. The number of nitrogens with zero attached hydrogens (tertiary/aromatic N) is 1. The predicted molar refractivity (Wildman–Crippen MR) is 66.2 cm³/mol. The lowest BCUT2D eigenvalue weighted by molar-refractivity contribution is -0.310. The number of hydrogen-bond acceptors (Lipinski definition) is 4. The Hall–Kier alpha value is -0.970. The molecule has 17 heavy (non-hydrogen) atoms. The molecule has 5 heteroatoms. The Morgan fingerprint density at radius 3 is 2.59 bits per heavy atom. The molecule has 2 atom stereocenters. The van der Waals surface area contributed by atoms with Crippen LogP contribution in [0.3, 0.4) is 0 Å². The Kier molecular flexibility index (Phi) is 5.05. The minimum Gasteiger partial charge on any atom is -0.548 e. The molecule has 0 saturated carbocycles. The van der Waals surface area contributed by atoms with Crippen molar-refractivity contribution in [3.63, 3.8) is 0 Å². The Bertz CT molecular complexity index is 337. The first kappa shape index (κ1) is 14.1. The monoisotopic (exact) mass is 256 g/mol. The van der Waals surface area contributed by atoms with E-state index in [1.807, 2.05) is 20.8 Å². The molecular formula is C12H18NO3S-. The molecule has 1 saturated heterocycles. The van der Waals surface area contributed by atoms with Crippen LogP contribution in [0.15, 0.2) is 11.6 Å². The van der Waals surface area contributed by atoms with Crippen molar-refractivity contribution in [3.8, 4) is 0 Å². The lowest BCUT2D eigenvalue weighted by Crippen LogP contribution is -2.50. The molecule has 1 fully saturated rings. The molecule has 1 rings (SSSR count). The first-order valence-corrected chi connectivity index (χ1v) is 6.82. The fourth-order valence-corrected chi connectivity index (χ4v) is 3.35.